The first kappa shape index (κ1) is 27.7. The van der Waals surface area contributed by atoms with Crippen LogP contribution in [0.1, 0.15) is 22.3 Å². The van der Waals surface area contributed by atoms with Crippen molar-refractivity contribution in [1.82, 2.24) is 0 Å². The molecule has 0 spiro atoms. The minimum atomic E-state index is -2.13. The largest absolute Gasteiger partial charge is 0.494 e. The maximum atomic E-state index is 12.2. The van der Waals surface area contributed by atoms with E-state index in [0.717, 1.165) is 10.8 Å². The lowest BCUT2D eigenvalue weighted by Gasteiger charge is -2.48. The minimum absolute atomic E-state index is 0.114. The highest BCUT2D eigenvalue weighted by molar-refractivity contribution is 6.03. The Kier molecular flexibility index (Phi) is 7.48. The SMILES string of the molecule is COc1cc(C2=C(N=C=O)c3cc4ccccc4cc3C(N=C=O)(N=C=O)C2(OC)c2ccccc2)ccc1N=C=O. The number of ether oxygens (including phenoxy) is 2. The molecule has 0 fully saturated rings. The van der Waals surface area contributed by atoms with Gasteiger partial charge >= 0.3 is 0 Å². The van der Waals surface area contributed by atoms with Gasteiger partial charge in [0.25, 0.3) is 0 Å². The van der Waals surface area contributed by atoms with E-state index in [1.54, 1.807) is 72.8 Å². The molecule has 1 atom stereocenters. The van der Waals surface area contributed by atoms with Gasteiger partial charge in [-0.05, 0) is 46.2 Å². The van der Waals surface area contributed by atoms with E-state index in [4.69, 9.17) is 9.47 Å². The molecule has 204 valence electrons. The number of methoxy groups -OCH3 is 2. The average Bonchev–Trinajstić information content (AvgIpc) is 3.02. The van der Waals surface area contributed by atoms with Gasteiger partial charge in [0.15, 0.2) is 5.60 Å². The molecule has 1 aliphatic carbocycles. The third kappa shape index (κ3) is 4.06. The highest BCUT2D eigenvalue weighted by Gasteiger charge is 2.63. The second-order valence-electron chi connectivity index (χ2n) is 9.09. The van der Waals surface area contributed by atoms with Crippen LogP contribution in [0.3, 0.4) is 0 Å². The summed E-state index contributed by atoms with van der Waals surface area (Å²) in [6, 6.07) is 24.1. The second-order valence-corrected chi connectivity index (χ2v) is 9.09. The van der Waals surface area contributed by atoms with Gasteiger partial charge in [-0.25, -0.2) is 19.2 Å². The summed E-state index contributed by atoms with van der Waals surface area (Å²) in [5, 5.41) is 1.50. The highest BCUT2D eigenvalue weighted by Crippen LogP contribution is 2.61. The van der Waals surface area contributed by atoms with Crippen LogP contribution in [0.4, 0.5) is 5.69 Å². The Bertz CT molecular complexity index is 1930. The molecule has 0 aliphatic heterocycles. The van der Waals surface area contributed by atoms with Crippen molar-refractivity contribution in [1.29, 1.82) is 0 Å². The lowest BCUT2D eigenvalue weighted by Crippen LogP contribution is -2.52. The monoisotopic (exact) mass is 556 g/mol. The van der Waals surface area contributed by atoms with Gasteiger partial charge in [-0.2, -0.15) is 20.0 Å². The summed E-state index contributed by atoms with van der Waals surface area (Å²) in [5.41, 5.74) is -2.19. The number of nitrogens with zero attached hydrogens (tertiary/aromatic N) is 4. The van der Waals surface area contributed by atoms with E-state index in [1.165, 1.54) is 26.4 Å². The van der Waals surface area contributed by atoms with E-state index < -0.39 is 11.3 Å². The summed E-state index contributed by atoms with van der Waals surface area (Å²) in [5.74, 6) is 0.184. The summed E-state index contributed by atoms with van der Waals surface area (Å²) < 4.78 is 11.8. The summed E-state index contributed by atoms with van der Waals surface area (Å²) in [7, 11) is 2.75. The van der Waals surface area contributed by atoms with Crippen LogP contribution in [-0.2, 0) is 35.2 Å². The lowest BCUT2D eigenvalue weighted by molar-refractivity contribution is -0.0291. The number of hydrogen-bond donors (Lipinski definition) is 0. The normalized spacial score (nSPS) is 18.9. The molecule has 0 bridgehead atoms. The van der Waals surface area contributed by atoms with Gasteiger partial charge in [-0.1, -0.05) is 60.7 Å². The van der Waals surface area contributed by atoms with Gasteiger partial charge < -0.3 is 9.47 Å². The van der Waals surface area contributed by atoms with Crippen LogP contribution < -0.4 is 4.74 Å². The molecule has 0 saturated carbocycles. The molecule has 42 heavy (non-hydrogen) atoms. The molecule has 0 N–H and O–H groups in total. The minimum Gasteiger partial charge on any atom is -0.494 e. The summed E-state index contributed by atoms with van der Waals surface area (Å²) in [4.78, 5) is 63.7. The zero-order valence-electron chi connectivity index (χ0n) is 22.3. The maximum Gasteiger partial charge on any atom is 0.240 e. The number of rotatable bonds is 8. The molecular weight excluding hydrogens is 536 g/mol. The van der Waals surface area contributed by atoms with Gasteiger partial charge in [-0.15, -0.1) is 0 Å². The second kappa shape index (κ2) is 11.3. The topological polar surface area (TPSA) is 136 Å². The van der Waals surface area contributed by atoms with Gasteiger partial charge in [0, 0.05) is 23.8 Å². The fourth-order valence-electron chi connectivity index (χ4n) is 5.68. The Morgan fingerprint density at radius 3 is 1.93 bits per heavy atom. The molecule has 1 unspecified atom stereocenters. The Labute approximate surface area is 239 Å². The van der Waals surface area contributed by atoms with Gasteiger partial charge in [0.1, 0.15) is 11.4 Å². The Morgan fingerprint density at radius 2 is 1.33 bits per heavy atom. The van der Waals surface area contributed by atoms with Gasteiger partial charge in [-0.3, -0.25) is 0 Å². The molecule has 10 nitrogen and oxygen atoms in total. The Morgan fingerprint density at radius 1 is 0.690 bits per heavy atom. The van der Waals surface area contributed by atoms with Crippen molar-refractivity contribution < 1.29 is 28.7 Å². The number of hydrogen-bond acceptors (Lipinski definition) is 10. The van der Waals surface area contributed by atoms with Crippen molar-refractivity contribution in [3.8, 4) is 5.75 Å². The quantitative estimate of drug-likeness (QED) is 0.211. The van der Waals surface area contributed by atoms with Crippen LogP contribution in [0.15, 0.2) is 105 Å². The molecule has 0 aromatic heterocycles. The smallest absolute Gasteiger partial charge is 0.240 e. The number of aliphatic imine (C=N–C) groups is 4. The first-order chi connectivity index (χ1) is 20.5. The molecule has 5 rings (SSSR count). The molecule has 0 amide bonds. The number of carbonyl (C=O) groups excluding carboxylic acids is 4. The predicted octanol–water partition coefficient (Wildman–Crippen LogP) is 5.40. The molecule has 0 radical (unpaired) electrons. The standard InChI is InChI=1S/C32H20N4O6/c1-41-28-16-23(12-13-27(28)33-17-37)29-30(34-18-38)25-14-21-8-6-7-9-22(21)15-26(25)32(35-19-39,36-20-40)31(29,42-2)24-10-4-3-5-11-24/h3-16H,1-2H3. The maximum absolute atomic E-state index is 12.2. The van der Waals surface area contributed by atoms with Crippen molar-refractivity contribution in [3.63, 3.8) is 0 Å². The van der Waals surface area contributed by atoms with Crippen LogP contribution >= 0.6 is 0 Å². The summed E-state index contributed by atoms with van der Waals surface area (Å²) in [6.07, 6.45) is 6.30. The summed E-state index contributed by atoms with van der Waals surface area (Å²) >= 11 is 0. The Hall–Kier alpha value is -5.84. The fourth-order valence-corrected chi connectivity index (χ4v) is 5.68. The van der Waals surface area contributed by atoms with Crippen LogP contribution in [0.25, 0.3) is 22.0 Å². The number of isocyanates is 4. The molecule has 10 heteroatoms. The van der Waals surface area contributed by atoms with Crippen molar-refractivity contribution >= 4 is 52.0 Å². The molecule has 1 aliphatic rings. The molecule has 0 saturated heterocycles. The molecule has 4 aromatic rings. The fraction of sp³-hybridized carbons (Fsp3) is 0.125. The van der Waals surface area contributed by atoms with Gasteiger partial charge in [0.2, 0.25) is 30.0 Å². The van der Waals surface area contributed by atoms with Crippen molar-refractivity contribution in [2.24, 2.45) is 20.0 Å². The van der Waals surface area contributed by atoms with E-state index in [0.29, 0.717) is 16.7 Å². The van der Waals surface area contributed by atoms with Crippen LogP contribution in [0, 0.1) is 0 Å². The zero-order chi connectivity index (χ0) is 29.7. The average molecular weight is 557 g/mol. The molecule has 4 aromatic carbocycles. The zero-order valence-corrected chi connectivity index (χ0v) is 22.3. The van der Waals surface area contributed by atoms with Gasteiger partial charge in [0.05, 0.1) is 12.8 Å². The number of fused-ring (bicyclic) bond motifs is 2. The first-order valence-electron chi connectivity index (χ1n) is 12.5. The van der Waals surface area contributed by atoms with Crippen LogP contribution in [-0.4, -0.2) is 38.5 Å². The third-order valence-corrected chi connectivity index (χ3v) is 7.29. The van der Waals surface area contributed by atoms with Crippen molar-refractivity contribution in [2.75, 3.05) is 14.2 Å². The summed E-state index contributed by atoms with van der Waals surface area (Å²) in [6.45, 7) is 0. The Balaban J connectivity index is 2.12. The molecule has 0 heterocycles. The van der Waals surface area contributed by atoms with Crippen molar-refractivity contribution in [2.45, 2.75) is 11.3 Å². The van der Waals surface area contributed by atoms with Crippen molar-refractivity contribution in [3.05, 3.63) is 107 Å². The highest BCUT2D eigenvalue weighted by atomic mass is 16.5. The van der Waals surface area contributed by atoms with E-state index >= 15 is 0 Å². The van der Waals surface area contributed by atoms with E-state index in [9.17, 15) is 19.2 Å². The third-order valence-electron chi connectivity index (χ3n) is 7.29. The lowest BCUT2D eigenvalue weighted by atomic mass is 9.64. The van der Waals surface area contributed by atoms with E-state index in [2.05, 4.69) is 20.0 Å². The predicted molar refractivity (Wildman–Crippen MR) is 153 cm³/mol. The molecular formula is C32H20N4O6. The van der Waals surface area contributed by atoms with Crippen LogP contribution in [0.5, 0.6) is 5.75 Å². The number of benzene rings is 4. The van der Waals surface area contributed by atoms with E-state index in [1.807, 2.05) is 24.3 Å². The van der Waals surface area contributed by atoms with E-state index in [-0.39, 0.29) is 28.3 Å². The first-order valence-corrected chi connectivity index (χ1v) is 12.5. The van der Waals surface area contributed by atoms with Crippen LogP contribution in [0.2, 0.25) is 0 Å².